The number of carbonyl (C=O) groups excluding carboxylic acids is 2. The number of anilines is 2. The van der Waals surface area contributed by atoms with Gasteiger partial charge in [-0.1, -0.05) is 0 Å². The van der Waals surface area contributed by atoms with E-state index in [0.29, 0.717) is 38.0 Å². The fourth-order valence-corrected chi connectivity index (χ4v) is 5.54. The summed E-state index contributed by atoms with van der Waals surface area (Å²) in [6.07, 6.45) is 2.55. The number of rotatable bonds is 5. The van der Waals surface area contributed by atoms with Gasteiger partial charge in [0.2, 0.25) is 21.8 Å². The molecular formula is C22H24FN3O4S. The average Bonchev–Trinajstić information content (AvgIpc) is 3.20. The first kappa shape index (κ1) is 21.5. The molecule has 9 heteroatoms. The molecule has 2 amide bonds. The molecule has 0 aromatic heterocycles. The molecule has 2 saturated heterocycles. The number of hydrogen-bond acceptors (Lipinski definition) is 4. The van der Waals surface area contributed by atoms with Crippen molar-refractivity contribution in [3.63, 3.8) is 0 Å². The molecule has 2 fully saturated rings. The molecule has 7 nitrogen and oxygen atoms in total. The Morgan fingerprint density at radius 2 is 1.71 bits per heavy atom. The van der Waals surface area contributed by atoms with Crippen LogP contribution < -0.4 is 10.2 Å². The number of carbonyl (C=O) groups is 2. The Hall–Kier alpha value is -2.78. The van der Waals surface area contributed by atoms with Crippen LogP contribution in [0.2, 0.25) is 0 Å². The number of halogens is 1. The molecule has 164 valence electrons. The van der Waals surface area contributed by atoms with Crippen LogP contribution in [0.3, 0.4) is 0 Å². The zero-order valence-electron chi connectivity index (χ0n) is 17.0. The Kier molecular flexibility index (Phi) is 6.06. The van der Waals surface area contributed by atoms with Crippen LogP contribution in [0.1, 0.15) is 25.7 Å². The zero-order valence-corrected chi connectivity index (χ0v) is 17.8. The van der Waals surface area contributed by atoms with E-state index in [0.717, 1.165) is 24.2 Å². The minimum absolute atomic E-state index is 0.0157. The molecule has 2 heterocycles. The van der Waals surface area contributed by atoms with E-state index < -0.39 is 21.8 Å². The molecule has 0 saturated carbocycles. The minimum atomic E-state index is -3.79. The minimum Gasteiger partial charge on any atom is -0.326 e. The predicted octanol–water partition coefficient (Wildman–Crippen LogP) is 2.99. The predicted molar refractivity (Wildman–Crippen MR) is 115 cm³/mol. The Bertz CT molecular complexity index is 1070. The molecule has 0 unspecified atom stereocenters. The maximum Gasteiger partial charge on any atom is 0.243 e. The Labute approximate surface area is 180 Å². The van der Waals surface area contributed by atoms with E-state index in [9.17, 15) is 22.4 Å². The summed E-state index contributed by atoms with van der Waals surface area (Å²) in [5.41, 5.74) is 1.40. The van der Waals surface area contributed by atoms with Crippen molar-refractivity contribution in [2.75, 3.05) is 29.9 Å². The summed E-state index contributed by atoms with van der Waals surface area (Å²) in [6.45, 7) is 1.10. The second-order valence-electron chi connectivity index (χ2n) is 7.84. The van der Waals surface area contributed by atoms with E-state index in [1.54, 1.807) is 29.2 Å². The largest absolute Gasteiger partial charge is 0.326 e. The van der Waals surface area contributed by atoms with E-state index in [1.807, 2.05) is 0 Å². The lowest BCUT2D eigenvalue weighted by molar-refractivity contribution is -0.121. The third-order valence-electron chi connectivity index (χ3n) is 5.73. The van der Waals surface area contributed by atoms with Crippen molar-refractivity contribution in [3.8, 4) is 0 Å². The van der Waals surface area contributed by atoms with E-state index >= 15 is 0 Å². The summed E-state index contributed by atoms with van der Waals surface area (Å²) in [7, 11) is -3.79. The SMILES string of the molecule is O=C(Nc1ccc(N2CCCC2=O)cc1)[C@H]1CCCN(S(=O)(=O)c2ccc(F)cc2)C1. The summed E-state index contributed by atoms with van der Waals surface area (Å²) < 4.78 is 40.1. The molecule has 2 aliphatic rings. The van der Waals surface area contributed by atoms with Gasteiger partial charge in [0.25, 0.3) is 0 Å². The Balaban J connectivity index is 1.41. The van der Waals surface area contributed by atoms with E-state index in [2.05, 4.69) is 5.32 Å². The standard InChI is InChI=1S/C22H24FN3O4S/c23-17-5-11-20(12-6-17)31(29,30)25-13-1-3-16(15-25)22(28)24-18-7-9-19(10-8-18)26-14-2-4-21(26)27/h5-12,16H,1-4,13-15H2,(H,24,28)/t16-/m0/s1. The Morgan fingerprint density at radius 3 is 2.35 bits per heavy atom. The molecule has 2 aliphatic heterocycles. The van der Waals surface area contributed by atoms with Crippen molar-refractivity contribution in [3.05, 3.63) is 54.3 Å². The molecule has 31 heavy (non-hydrogen) atoms. The van der Waals surface area contributed by atoms with Gasteiger partial charge in [-0.3, -0.25) is 9.59 Å². The van der Waals surface area contributed by atoms with E-state index in [-0.39, 0.29) is 23.3 Å². The number of nitrogens with one attached hydrogen (secondary N) is 1. The van der Waals surface area contributed by atoms with Crippen LogP contribution in [0.4, 0.5) is 15.8 Å². The molecule has 4 rings (SSSR count). The van der Waals surface area contributed by atoms with Gasteiger partial charge in [-0.15, -0.1) is 0 Å². The second-order valence-corrected chi connectivity index (χ2v) is 9.78. The van der Waals surface area contributed by atoms with Crippen LogP contribution in [0, 0.1) is 11.7 Å². The third-order valence-corrected chi connectivity index (χ3v) is 7.61. The normalized spacial score (nSPS) is 20.1. The molecule has 2 aromatic rings. The van der Waals surface area contributed by atoms with Gasteiger partial charge in [0.15, 0.2) is 0 Å². The van der Waals surface area contributed by atoms with Gasteiger partial charge >= 0.3 is 0 Å². The Morgan fingerprint density at radius 1 is 1.00 bits per heavy atom. The topological polar surface area (TPSA) is 86.8 Å². The molecule has 0 aliphatic carbocycles. The quantitative estimate of drug-likeness (QED) is 0.767. The molecule has 2 aromatic carbocycles. The second kappa shape index (κ2) is 8.76. The number of nitrogens with zero attached hydrogens (tertiary/aromatic N) is 2. The fraction of sp³-hybridized carbons (Fsp3) is 0.364. The van der Waals surface area contributed by atoms with Crippen molar-refractivity contribution in [1.82, 2.24) is 4.31 Å². The first-order chi connectivity index (χ1) is 14.8. The zero-order chi connectivity index (χ0) is 22.0. The highest BCUT2D eigenvalue weighted by molar-refractivity contribution is 7.89. The summed E-state index contributed by atoms with van der Waals surface area (Å²) in [6, 6.07) is 11.8. The van der Waals surface area contributed by atoms with Crippen molar-refractivity contribution in [2.45, 2.75) is 30.6 Å². The first-order valence-corrected chi connectivity index (χ1v) is 11.8. The summed E-state index contributed by atoms with van der Waals surface area (Å²) in [5.74, 6) is -1.13. The highest BCUT2D eigenvalue weighted by atomic mass is 32.2. The lowest BCUT2D eigenvalue weighted by Crippen LogP contribution is -2.43. The average molecular weight is 446 g/mol. The third kappa shape index (κ3) is 4.62. The van der Waals surface area contributed by atoms with Gasteiger partial charge in [0.05, 0.1) is 10.8 Å². The smallest absolute Gasteiger partial charge is 0.243 e. The maximum absolute atomic E-state index is 13.1. The van der Waals surface area contributed by atoms with Gasteiger partial charge in [-0.2, -0.15) is 4.31 Å². The van der Waals surface area contributed by atoms with Crippen LogP contribution in [-0.2, 0) is 19.6 Å². The summed E-state index contributed by atoms with van der Waals surface area (Å²) in [5, 5.41) is 2.85. The molecule has 1 N–H and O–H groups in total. The van der Waals surface area contributed by atoms with Crippen LogP contribution in [0.15, 0.2) is 53.4 Å². The molecule has 0 bridgehead atoms. The van der Waals surface area contributed by atoms with Crippen LogP contribution in [-0.4, -0.2) is 44.2 Å². The number of piperidine rings is 1. The van der Waals surface area contributed by atoms with Crippen molar-refractivity contribution >= 4 is 33.2 Å². The lowest BCUT2D eigenvalue weighted by atomic mass is 9.98. The fourth-order valence-electron chi connectivity index (χ4n) is 4.02. The molecule has 1 atom stereocenters. The van der Waals surface area contributed by atoms with Gasteiger partial charge in [-0.25, -0.2) is 12.8 Å². The first-order valence-electron chi connectivity index (χ1n) is 10.3. The lowest BCUT2D eigenvalue weighted by Gasteiger charge is -2.31. The van der Waals surface area contributed by atoms with Crippen LogP contribution in [0.25, 0.3) is 0 Å². The highest BCUT2D eigenvalue weighted by Crippen LogP contribution is 2.26. The van der Waals surface area contributed by atoms with Gasteiger partial charge in [0, 0.05) is 37.4 Å². The van der Waals surface area contributed by atoms with Gasteiger partial charge in [0.1, 0.15) is 5.82 Å². The summed E-state index contributed by atoms with van der Waals surface area (Å²) >= 11 is 0. The van der Waals surface area contributed by atoms with Gasteiger partial charge in [-0.05, 0) is 67.8 Å². The number of benzene rings is 2. The van der Waals surface area contributed by atoms with Crippen LogP contribution in [0.5, 0.6) is 0 Å². The monoisotopic (exact) mass is 445 g/mol. The van der Waals surface area contributed by atoms with Crippen molar-refractivity contribution in [1.29, 1.82) is 0 Å². The maximum atomic E-state index is 13.1. The van der Waals surface area contributed by atoms with Crippen molar-refractivity contribution in [2.24, 2.45) is 5.92 Å². The number of hydrogen-bond donors (Lipinski definition) is 1. The van der Waals surface area contributed by atoms with E-state index in [1.165, 1.54) is 16.4 Å². The summed E-state index contributed by atoms with van der Waals surface area (Å²) in [4.78, 5) is 26.4. The van der Waals surface area contributed by atoms with E-state index in [4.69, 9.17) is 0 Å². The highest BCUT2D eigenvalue weighted by Gasteiger charge is 2.33. The molecule has 0 spiro atoms. The van der Waals surface area contributed by atoms with Crippen LogP contribution >= 0.6 is 0 Å². The molecular weight excluding hydrogens is 421 g/mol. The number of sulfonamides is 1. The molecule has 0 radical (unpaired) electrons. The van der Waals surface area contributed by atoms with Gasteiger partial charge < -0.3 is 10.2 Å². The van der Waals surface area contributed by atoms with Crippen molar-refractivity contribution < 1.29 is 22.4 Å². The number of amides is 2.